The van der Waals surface area contributed by atoms with Gasteiger partial charge in [0.15, 0.2) is 12.4 Å². The molecule has 0 saturated carbocycles. The van der Waals surface area contributed by atoms with E-state index >= 15 is 4.39 Å². The molecule has 0 amide bonds. The molecule has 1 aromatic rings. The molecule has 5 atom stereocenters. The number of nitrogen functional groups attached to an aromatic ring is 1. The van der Waals surface area contributed by atoms with Gasteiger partial charge in [-0.05, 0) is 22.8 Å². The topological polar surface area (TPSA) is 70.1 Å². The lowest BCUT2D eigenvalue weighted by atomic mass is 9.67. The summed E-state index contributed by atoms with van der Waals surface area (Å²) in [6, 6.07) is 1.49. The second kappa shape index (κ2) is 6.14. The zero-order valence-electron chi connectivity index (χ0n) is 15.7. The van der Waals surface area contributed by atoms with Gasteiger partial charge in [-0.3, -0.25) is 4.57 Å². The Balaban J connectivity index is 2.45. The van der Waals surface area contributed by atoms with Crippen LogP contribution >= 0.6 is 0 Å². The highest BCUT2D eigenvalue weighted by atomic mass is 19.1. The van der Waals surface area contributed by atoms with Gasteiger partial charge in [-0.15, -0.1) is 0 Å². The van der Waals surface area contributed by atoms with E-state index in [1.807, 2.05) is 20.8 Å². The lowest BCUT2D eigenvalue weighted by Gasteiger charge is -2.39. The number of anilines is 1. The number of aromatic nitrogens is 2. The Kier molecular flexibility index (Phi) is 4.83. The molecule has 0 radical (unpaired) electrons. The molecule has 2 N–H and O–H groups in total. The molecule has 1 saturated heterocycles. The molecule has 1 fully saturated rings. The van der Waals surface area contributed by atoms with Gasteiger partial charge in [0.05, 0.1) is 6.10 Å². The average molecular weight is 339 g/mol. The highest BCUT2D eigenvalue weighted by Gasteiger charge is 2.54. The third kappa shape index (κ3) is 3.48. The minimum Gasteiger partial charge on any atom is -0.383 e. The second-order valence-corrected chi connectivity index (χ2v) is 9.02. The fourth-order valence-corrected chi connectivity index (χ4v) is 3.41. The van der Waals surface area contributed by atoms with Gasteiger partial charge < -0.3 is 10.5 Å². The Bertz CT molecular complexity index is 645. The molecule has 2 rings (SSSR count). The fraction of sp³-hybridized carbons (Fsp3) is 0.778. The van der Waals surface area contributed by atoms with E-state index < -0.39 is 18.1 Å². The Morgan fingerprint density at radius 1 is 1.29 bits per heavy atom. The Morgan fingerprint density at radius 2 is 1.88 bits per heavy atom. The number of rotatable bonds is 2. The molecular weight excluding hydrogens is 309 g/mol. The largest absolute Gasteiger partial charge is 0.383 e. The molecular formula is C18H30FN3O2. The minimum absolute atomic E-state index is 0.0346. The molecule has 136 valence electrons. The first-order chi connectivity index (χ1) is 10.8. The van der Waals surface area contributed by atoms with Crippen molar-refractivity contribution in [2.45, 2.75) is 67.0 Å². The summed E-state index contributed by atoms with van der Waals surface area (Å²) in [5.41, 5.74) is 4.62. The maximum absolute atomic E-state index is 15.4. The van der Waals surface area contributed by atoms with Crippen molar-refractivity contribution in [2.24, 2.45) is 22.7 Å². The summed E-state index contributed by atoms with van der Waals surface area (Å²) < 4.78 is 22.7. The van der Waals surface area contributed by atoms with Crippen molar-refractivity contribution in [1.29, 1.82) is 0 Å². The van der Waals surface area contributed by atoms with Gasteiger partial charge in [0.1, 0.15) is 5.82 Å². The van der Waals surface area contributed by atoms with Crippen LogP contribution in [0.2, 0.25) is 0 Å². The molecule has 0 bridgehead atoms. The zero-order valence-corrected chi connectivity index (χ0v) is 15.7. The van der Waals surface area contributed by atoms with Gasteiger partial charge in [0, 0.05) is 12.1 Å². The standard InChI is InChI=1S/C18H30FN3O2/c1-10(17(2,3)4)14-12(18(5,6)7)13(19)15(24-14)22-9-8-11(20)21-16(22)23/h8-10,12-15H,1-7H3,(H2,20,21,23)/t10-,12?,13?,14?,15?/m0/s1. The van der Waals surface area contributed by atoms with Crippen LogP contribution in [0, 0.1) is 22.7 Å². The third-order valence-corrected chi connectivity index (χ3v) is 5.25. The molecule has 1 aromatic heterocycles. The first kappa shape index (κ1) is 18.9. The van der Waals surface area contributed by atoms with Crippen LogP contribution in [0.1, 0.15) is 54.7 Å². The summed E-state index contributed by atoms with van der Waals surface area (Å²) in [5.74, 6) is -0.0692. The van der Waals surface area contributed by atoms with E-state index in [0.717, 1.165) is 0 Å². The van der Waals surface area contributed by atoms with Gasteiger partial charge in [-0.25, -0.2) is 9.18 Å². The summed E-state index contributed by atoms with van der Waals surface area (Å²) in [5, 5.41) is 0. The van der Waals surface area contributed by atoms with Gasteiger partial charge in [-0.2, -0.15) is 4.98 Å². The van der Waals surface area contributed by atoms with Crippen molar-refractivity contribution in [3.63, 3.8) is 0 Å². The number of nitrogens with two attached hydrogens (primary N) is 1. The van der Waals surface area contributed by atoms with Crippen molar-refractivity contribution < 1.29 is 9.13 Å². The van der Waals surface area contributed by atoms with Crippen LogP contribution in [0.5, 0.6) is 0 Å². The van der Waals surface area contributed by atoms with Crippen LogP contribution in [0.4, 0.5) is 10.2 Å². The number of nitrogens with zero attached hydrogens (tertiary/aromatic N) is 2. The number of hydrogen-bond donors (Lipinski definition) is 1. The van der Waals surface area contributed by atoms with Crippen LogP contribution in [0.3, 0.4) is 0 Å². The minimum atomic E-state index is -1.29. The van der Waals surface area contributed by atoms with E-state index in [1.54, 1.807) is 0 Å². The van der Waals surface area contributed by atoms with Crippen LogP contribution < -0.4 is 11.4 Å². The smallest absolute Gasteiger partial charge is 0.351 e. The SMILES string of the molecule is C[C@@H](C1OC(n2ccc(N)nc2=O)C(F)C1C(C)(C)C)C(C)(C)C. The lowest BCUT2D eigenvalue weighted by Crippen LogP contribution is -2.41. The molecule has 0 aliphatic carbocycles. The Morgan fingerprint density at radius 3 is 2.33 bits per heavy atom. The van der Waals surface area contributed by atoms with E-state index in [0.29, 0.717) is 0 Å². The van der Waals surface area contributed by atoms with Crippen LogP contribution in [-0.4, -0.2) is 21.8 Å². The molecule has 1 aliphatic rings. The Hall–Kier alpha value is -1.43. The van der Waals surface area contributed by atoms with E-state index in [4.69, 9.17) is 10.5 Å². The van der Waals surface area contributed by atoms with Crippen LogP contribution in [0.15, 0.2) is 17.1 Å². The normalized spacial score (nSPS) is 29.7. The van der Waals surface area contributed by atoms with Gasteiger partial charge >= 0.3 is 5.69 Å². The van der Waals surface area contributed by atoms with E-state index in [9.17, 15) is 4.79 Å². The quantitative estimate of drug-likeness (QED) is 0.896. The third-order valence-electron chi connectivity index (χ3n) is 5.25. The molecule has 0 spiro atoms. The first-order valence-electron chi connectivity index (χ1n) is 8.48. The van der Waals surface area contributed by atoms with E-state index in [-0.39, 0.29) is 34.6 Å². The van der Waals surface area contributed by atoms with E-state index in [1.165, 1.54) is 16.8 Å². The number of hydrogen-bond acceptors (Lipinski definition) is 4. The Labute approximate surface area is 143 Å². The van der Waals surface area contributed by atoms with Crippen molar-refractivity contribution in [2.75, 3.05) is 5.73 Å². The van der Waals surface area contributed by atoms with Crippen LogP contribution in [0.25, 0.3) is 0 Å². The van der Waals surface area contributed by atoms with Gasteiger partial charge in [0.25, 0.3) is 0 Å². The number of alkyl halides is 1. The highest BCUT2D eigenvalue weighted by molar-refractivity contribution is 5.23. The lowest BCUT2D eigenvalue weighted by molar-refractivity contribution is -0.0692. The zero-order chi connectivity index (χ0) is 18.4. The summed E-state index contributed by atoms with van der Waals surface area (Å²) in [6.45, 7) is 14.5. The van der Waals surface area contributed by atoms with E-state index in [2.05, 4.69) is 32.7 Å². The first-order valence-corrected chi connectivity index (χ1v) is 8.48. The second-order valence-electron chi connectivity index (χ2n) is 9.02. The predicted molar refractivity (Wildman–Crippen MR) is 93.3 cm³/mol. The molecule has 2 heterocycles. The highest BCUT2D eigenvalue weighted by Crippen LogP contribution is 2.50. The molecule has 24 heavy (non-hydrogen) atoms. The predicted octanol–water partition coefficient (Wildman–Crippen LogP) is 3.41. The molecule has 0 aromatic carbocycles. The average Bonchev–Trinajstić information content (AvgIpc) is 2.74. The van der Waals surface area contributed by atoms with Gasteiger partial charge in [-0.1, -0.05) is 48.5 Å². The summed E-state index contributed by atoms with van der Waals surface area (Å²) in [6.07, 6.45) is -1.08. The van der Waals surface area contributed by atoms with Crippen molar-refractivity contribution in [3.8, 4) is 0 Å². The molecule has 4 unspecified atom stereocenters. The van der Waals surface area contributed by atoms with Gasteiger partial charge in [0.2, 0.25) is 0 Å². The maximum atomic E-state index is 15.4. The molecule has 5 nitrogen and oxygen atoms in total. The number of ether oxygens (including phenoxy) is 1. The van der Waals surface area contributed by atoms with Crippen molar-refractivity contribution in [3.05, 3.63) is 22.7 Å². The summed E-state index contributed by atoms with van der Waals surface area (Å²) in [4.78, 5) is 15.8. The number of halogens is 1. The van der Waals surface area contributed by atoms with Crippen LogP contribution in [-0.2, 0) is 4.74 Å². The maximum Gasteiger partial charge on any atom is 0.351 e. The molecule has 1 aliphatic heterocycles. The summed E-state index contributed by atoms with van der Waals surface area (Å²) in [7, 11) is 0. The fourth-order valence-electron chi connectivity index (χ4n) is 3.41. The van der Waals surface area contributed by atoms with Crippen molar-refractivity contribution in [1.82, 2.24) is 9.55 Å². The monoisotopic (exact) mass is 339 g/mol. The van der Waals surface area contributed by atoms with Crippen molar-refractivity contribution >= 4 is 5.82 Å². The molecule has 6 heteroatoms. The summed E-state index contributed by atoms with van der Waals surface area (Å²) >= 11 is 0.